The highest BCUT2D eigenvalue weighted by Gasteiger charge is 2.40. The Balaban J connectivity index is 1.82. The first-order valence-electron chi connectivity index (χ1n) is 9.55. The molecule has 4 rings (SSSR count). The molecule has 2 amide bonds. The van der Waals surface area contributed by atoms with Crippen LogP contribution in [0.15, 0.2) is 78.5 Å². The van der Waals surface area contributed by atoms with Gasteiger partial charge in [0.1, 0.15) is 5.70 Å². The number of anilines is 2. The predicted octanol–water partition coefficient (Wildman–Crippen LogP) is 5.01. The minimum atomic E-state index is -0.352. The molecule has 1 aliphatic rings. The van der Waals surface area contributed by atoms with E-state index in [1.807, 2.05) is 81.4 Å². The number of carbonyl (C=O) groups is 2. The lowest BCUT2D eigenvalue weighted by atomic mass is 10.0. The first-order valence-corrected chi connectivity index (χ1v) is 9.55. The monoisotopic (exact) mass is 382 g/mol. The van der Waals surface area contributed by atoms with Crippen molar-refractivity contribution in [2.45, 2.75) is 20.8 Å². The van der Waals surface area contributed by atoms with Crippen molar-refractivity contribution in [2.24, 2.45) is 0 Å². The maximum atomic E-state index is 13.3. The molecule has 1 heterocycles. The molecule has 144 valence electrons. The summed E-state index contributed by atoms with van der Waals surface area (Å²) < 4.78 is 0. The van der Waals surface area contributed by atoms with Crippen LogP contribution in [0.1, 0.15) is 22.3 Å². The van der Waals surface area contributed by atoms with Crippen LogP contribution < -0.4 is 10.2 Å². The molecule has 0 atom stereocenters. The minimum absolute atomic E-state index is 0.297. The van der Waals surface area contributed by atoms with Gasteiger partial charge in [-0.15, -0.1) is 0 Å². The summed E-state index contributed by atoms with van der Waals surface area (Å²) in [4.78, 5) is 27.9. The van der Waals surface area contributed by atoms with E-state index in [0.29, 0.717) is 17.0 Å². The summed E-state index contributed by atoms with van der Waals surface area (Å²) in [6.07, 6.45) is 0. The second-order valence-electron chi connectivity index (χ2n) is 7.32. The molecular weight excluding hydrogens is 360 g/mol. The van der Waals surface area contributed by atoms with E-state index in [1.165, 1.54) is 10.5 Å². The van der Waals surface area contributed by atoms with Gasteiger partial charge in [0.05, 0.1) is 11.3 Å². The van der Waals surface area contributed by atoms with E-state index in [0.717, 1.165) is 22.4 Å². The van der Waals surface area contributed by atoms with Crippen LogP contribution in [-0.4, -0.2) is 11.8 Å². The molecule has 0 fully saturated rings. The molecule has 4 heteroatoms. The molecule has 1 N–H and O–H groups in total. The summed E-state index contributed by atoms with van der Waals surface area (Å²) in [5.74, 6) is -0.675. The Bertz CT molecular complexity index is 1130. The summed E-state index contributed by atoms with van der Waals surface area (Å²) in [6.45, 7) is 6.05. The lowest BCUT2D eigenvalue weighted by Gasteiger charge is -2.15. The van der Waals surface area contributed by atoms with Gasteiger partial charge in [-0.2, -0.15) is 0 Å². The van der Waals surface area contributed by atoms with Crippen molar-refractivity contribution in [1.29, 1.82) is 0 Å². The maximum absolute atomic E-state index is 13.3. The van der Waals surface area contributed by atoms with E-state index < -0.39 is 0 Å². The second-order valence-corrected chi connectivity index (χ2v) is 7.32. The minimum Gasteiger partial charge on any atom is -0.350 e. The van der Waals surface area contributed by atoms with Gasteiger partial charge in [0.15, 0.2) is 0 Å². The van der Waals surface area contributed by atoms with E-state index in [1.54, 1.807) is 12.1 Å². The van der Waals surface area contributed by atoms with Gasteiger partial charge in [-0.3, -0.25) is 9.59 Å². The van der Waals surface area contributed by atoms with Gasteiger partial charge in [-0.1, -0.05) is 54.1 Å². The van der Waals surface area contributed by atoms with E-state index >= 15 is 0 Å². The van der Waals surface area contributed by atoms with Gasteiger partial charge in [-0.25, -0.2) is 4.90 Å². The van der Waals surface area contributed by atoms with Gasteiger partial charge >= 0.3 is 0 Å². The zero-order chi connectivity index (χ0) is 20.5. The fraction of sp³-hybridized carbons (Fsp3) is 0.120. The number of nitrogens with one attached hydrogen (secondary N) is 1. The highest BCUT2D eigenvalue weighted by atomic mass is 16.2. The molecule has 0 saturated heterocycles. The van der Waals surface area contributed by atoms with Crippen LogP contribution in [0.3, 0.4) is 0 Å². The SMILES string of the molecule is Cc1ccc(C2=C(Nc3ccc(C)c(C)c3)C(=O)N(c3ccccc3)C2=O)cc1. The number of hydrogen-bond donors (Lipinski definition) is 1. The largest absolute Gasteiger partial charge is 0.350 e. The van der Waals surface area contributed by atoms with Crippen LogP contribution in [0.2, 0.25) is 0 Å². The Morgan fingerprint density at radius 3 is 2.07 bits per heavy atom. The fourth-order valence-corrected chi connectivity index (χ4v) is 3.41. The summed E-state index contributed by atoms with van der Waals surface area (Å²) in [5, 5.41) is 3.22. The summed E-state index contributed by atoms with van der Waals surface area (Å²) in [5.41, 5.74) is 6.12. The van der Waals surface area contributed by atoms with Crippen molar-refractivity contribution < 1.29 is 9.59 Å². The van der Waals surface area contributed by atoms with Gasteiger partial charge in [0.2, 0.25) is 0 Å². The van der Waals surface area contributed by atoms with Crippen LogP contribution in [0.25, 0.3) is 5.57 Å². The van der Waals surface area contributed by atoms with Crippen molar-refractivity contribution in [3.05, 3.63) is 101 Å². The van der Waals surface area contributed by atoms with Crippen LogP contribution in [-0.2, 0) is 9.59 Å². The number of hydrogen-bond acceptors (Lipinski definition) is 3. The van der Waals surface area contributed by atoms with Crippen molar-refractivity contribution in [3.8, 4) is 0 Å². The Labute approximate surface area is 170 Å². The molecule has 0 spiro atoms. The van der Waals surface area contributed by atoms with Crippen molar-refractivity contribution in [2.75, 3.05) is 10.2 Å². The van der Waals surface area contributed by atoms with Crippen LogP contribution in [0, 0.1) is 20.8 Å². The Morgan fingerprint density at radius 2 is 1.41 bits per heavy atom. The molecule has 0 unspecified atom stereocenters. The lowest BCUT2D eigenvalue weighted by Crippen LogP contribution is -2.32. The van der Waals surface area contributed by atoms with E-state index in [9.17, 15) is 9.59 Å². The molecule has 3 aromatic rings. The van der Waals surface area contributed by atoms with Crippen LogP contribution in [0.4, 0.5) is 11.4 Å². The molecule has 0 aromatic heterocycles. The zero-order valence-electron chi connectivity index (χ0n) is 16.7. The van der Waals surface area contributed by atoms with Gasteiger partial charge in [-0.05, 0) is 61.7 Å². The third-order valence-corrected chi connectivity index (χ3v) is 5.21. The van der Waals surface area contributed by atoms with Crippen LogP contribution >= 0.6 is 0 Å². The number of imide groups is 1. The van der Waals surface area contributed by atoms with Crippen LogP contribution in [0.5, 0.6) is 0 Å². The number of nitrogens with zero attached hydrogens (tertiary/aromatic N) is 1. The zero-order valence-corrected chi connectivity index (χ0v) is 16.7. The number of carbonyl (C=O) groups excluding carboxylic acids is 2. The van der Waals surface area contributed by atoms with Crippen molar-refractivity contribution >= 4 is 28.8 Å². The quantitative estimate of drug-likeness (QED) is 0.646. The summed E-state index contributed by atoms with van der Waals surface area (Å²) in [7, 11) is 0. The predicted molar refractivity (Wildman–Crippen MR) is 117 cm³/mol. The number of aryl methyl sites for hydroxylation is 3. The Morgan fingerprint density at radius 1 is 0.724 bits per heavy atom. The lowest BCUT2D eigenvalue weighted by molar-refractivity contribution is -0.120. The highest BCUT2D eigenvalue weighted by Crippen LogP contribution is 2.34. The molecule has 0 saturated carbocycles. The Kier molecular flexibility index (Phi) is 4.77. The van der Waals surface area contributed by atoms with E-state index in [2.05, 4.69) is 5.32 Å². The van der Waals surface area contributed by atoms with E-state index in [-0.39, 0.29) is 11.8 Å². The third kappa shape index (κ3) is 3.45. The summed E-state index contributed by atoms with van der Waals surface area (Å²) >= 11 is 0. The third-order valence-electron chi connectivity index (χ3n) is 5.21. The standard InChI is InChI=1S/C25H22N2O2/c1-16-9-12-19(13-10-16)22-23(26-20-14-11-17(2)18(3)15-20)25(29)27(24(22)28)21-7-5-4-6-8-21/h4-15,26H,1-3H3. The average molecular weight is 382 g/mol. The first kappa shape index (κ1) is 18.7. The normalized spacial score (nSPS) is 14.0. The number of amides is 2. The van der Waals surface area contributed by atoms with Gasteiger partial charge < -0.3 is 5.32 Å². The number of benzene rings is 3. The highest BCUT2D eigenvalue weighted by molar-refractivity contribution is 6.46. The Hall–Kier alpha value is -3.66. The smallest absolute Gasteiger partial charge is 0.282 e. The van der Waals surface area contributed by atoms with Crippen molar-refractivity contribution in [1.82, 2.24) is 0 Å². The molecule has 4 nitrogen and oxygen atoms in total. The summed E-state index contributed by atoms with van der Waals surface area (Å²) in [6, 6.07) is 22.6. The molecule has 0 bridgehead atoms. The number of rotatable bonds is 4. The number of para-hydroxylation sites is 1. The second kappa shape index (κ2) is 7.40. The van der Waals surface area contributed by atoms with Crippen molar-refractivity contribution in [3.63, 3.8) is 0 Å². The molecule has 1 aliphatic heterocycles. The first-order chi connectivity index (χ1) is 14.0. The topological polar surface area (TPSA) is 49.4 Å². The molecule has 0 aliphatic carbocycles. The average Bonchev–Trinajstić information content (AvgIpc) is 2.96. The fourth-order valence-electron chi connectivity index (χ4n) is 3.41. The molecule has 29 heavy (non-hydrogen) atoms. The van der Waals surface area contributed by atoms with Gasteiger partial charge in [0.25, 0.3) is 11.8 Å². The van der Waals surface area contributed by atoms with E-state index in [4.69, 9.17) is 0 Å². The maximum Gasteiger partial charge on any atom is 0.282 e. The molecule has 0 radical (unpaired) electrons. The molecular formula is C25H22N2O2. The van der Waals surface area contributed by atoms with Gasteiger partial charge in [0, 0.05) is 5.69 Å². The molecule has 3 aromatic carbocycles.